The van der Waals surface area contributed by atoms with Gasteiger partial charge in [0.25, 0.3) is 5.91 Å². The molecule has 0 spiro atoms. The molecule has 4 rings (SSSR count). The van der Waals surface area contributed by atoms with E-state index < -0.39 is 0 Å². The van der Waals surface area contributed by atoms with E-state index in [1.54, 1.807) is 25.3 Å². The number of carbonyl (C=O) groups is 2. The molecule has 0 unspecified atom stereocenters. The van der Waals surface area contributed by atoms with E-state index in [0.29, 0.717) is 33.6 Å². The van der Waals surface area contributed by atoms with E-state index in [0.717, 1.165) is 21.5 Å². The van der Waals surface area contributed by atoms with Crippen molar-refractivity contribution >= 4 is 56.3 Å². The van der Waals surface area contributed by atoms with Crippen LogP contribution < -0.4 is 15.4 Å². The Bertz CT molecular complexity index is 1330. The lowest BCUT2D eigenvalue weighted by Gasteiger charge is -2.12. The molecule has 2 heterocycles. The summed E-state index contributed by atoms with van der Waals surface area (Å²) in [6.45, 7) is 3.83. The van der Waals surface area contributed by atoms with Crippen molar-refractivity contribution in [1.82, 2.24) is 9.78 Å². The van der Waals surface area contributed by atoms with Crippen molar-refractivity contribution in [2.24, 2.45) is 0 Å². The van der Waals surface area contributed by atoms with Crippen LogP contribution in [0.5, 0.6) is 5.75 Å². The predicted octanol–water partition coefficient (Wildman–Crippen LogP) is 5.33. The summed E-state index contributed by atoms with van der Waals surface area (Å²) in [5.74, 6) is 0.0505. The van der Waals surface area contributed by atoms with Gasteiger partial charge in [0.2, 0.25) is 5.91 Å². The molecule has 164 valence electrons. The second-order valence-corrected chi connectivity index (χ2v) is 8.65. The molecular formula is C23H21ClN4O3S. The zero-order valence-electron chi connectivity index (χ0n) is 17.7. The first-order chi connectivity index (χ1) is 15.4. The number of amides is 2. The van der Waals surface area contributed by atoms with Crippen LogP contribution >= 0.6 is 22.9 Å². The van der Waals surface area contributed by atoms with Gasteiger partial charge in [0, 0.05) is 23.4 Å². The number of fused-ring (bicyclic) bond motifs is 1. The summed E-state index contributed by atoms with van der Waals surface area (Å²) in [4.78, 5) is 26.0. The van der Waals surface area contributed by atoms with Gasteiger partial charge in [-0.05, 0) is 36.8 Å². The fourth-order valence-electron chi connectivity index (χ4n) is 3.36. The van der Waals surface area contributed by atoms with E-state index in [-0.39, 0.29) is 11.8 Å². The van der Waals surface area contributed by atoms with E-state index in [4.69, 9.17) is 16.3 Å². The highest BCUT2D eigenvalue weighted by Gasteiger charge is 2.18. The molecule has 0 aliphatic heterocycles. The molecule has 9 heteroatoms. The van der Waals surface area contributed by atoms with Crippen LogP contribution in [0.15, 0.2) is 48.5 Å². The summed E-state index contributed by atoms with van der Waals surface area (Å²) >= 11 is 7.67. The molecule has 0 aliphatic carbocycles. The van der Waals surface area contributed by atoms with E-state index >= 15 is 0 Å². The van der Waals surface area contributed by atoms with Gasteiger partial charge < -0.3 is 15.4 Å². The van der Waals surface area contributed by atoms with Crippen molar-refractivity contribution in [3.8, 4) is 5.75 Å². The Morgan fingerprint density at radius 3 is 2.62 bits per heavy atom. The molecule has 2 amide bonds. The third-order valence-corrected chi connectivity index (χ3v) is 6.41. The average molecular weight is 469 g/mol. The monoisotopic (exact) mass is 468 g/mol. The highest BCUT2D eigenvalue weighted by molar-refractivity contribution is 7.20. The summed E-state index contributed by atoms with van der Waals surface area (Å²) in [6.07, 6.45) is 0. The van der Waals surface area contributed by atoms with Crippen LogP contribution in [0, 0.1) is 6.92 Å². The molecule has 0 bridgehead atoms. The normalized spacial score (nSPS) is 10.9. The minimum atomic E-state index is -0.283. The predicted molar refractivity (Wildman–Crippen MR) is 128 cm³/mol. The number of nitrogens with zero attached hydrogens (tertiary/aromatic N) is 2. The number of hydrogen-bond acceptors (Lipinski definition) is 5. The fourth-order valence-corrected chi connectivity index (χ4v) is 4.61. The van der Waals surface area contributed by atoms with Crippen molar-refractivity contribution in [3.63, 3.8) is 0 Å². The number of nitrogens with one attached hydrogen (secondary N) is 2. The molecule has 0 radical (unpaired) electrons. The number of anilines is 2. The minimum Gasteiger partial charge on any atom is -0.497 e. The Kier molecular flexibility index (Phi) is 6.16. The van der Waals surface area contributed by atoms with Gasteiger partial charge in [-0.1, -0.05) is 29.8 Å². The quantitative estimate of drug-likeness (QED) is 0.400. The number of methoxy groups -OCH3 is 1. The molecule has 2 aromatic carbocycles. The lowest BCUT2D eigenvalue weighted by molar-refractivity contribution is -0.114. The summed E-state index contributed by atoms with van der Waals surface area (Å²) in [7, 11) is 1.54. The third kappa shape index (κ3) is 4.46. The number of ether oxygens (including phenoxy) is 1. The molecular weight excluding hydrogens is 448 g/mol. The number of rotatable bonds is 6. The Hall–Kier alpha value is -3.36. The number of thiophene rings is 1. The molecule has 0 fully saturated rings. The van der Waals surface area contributed by atoms with Crippen molar-refractivity contribution in [3.05, 3.63) is 69.7 Å². The lowest BCUT2D eigenvalue weighted by Crippen LogP contribution is -2.14. The van der Waals surface area contributed by atoms with Crippen LogP contribution in [-0.2, 0) is 11.3 Å². The first-order valence-electron chi connectivity index (χ1n) is 9.83. The van der Waals surface area contributed by atoms with Gasteiger partial charge in [0.15, 0.2) is 0 Å². The molecule has 0 saturated carbocycles. The first kappa shape index (κ1) is 21.9. The highest BCUT2D eigenvalue weighted by atomic mass is 35.5. The molecule has 0 saturated heterocycles. The number of aryl methyl sites for hydroxylation is 1. The van der Waals surface area contributed by atoms with Crippen LogP contribution in [-0.4, -0.2) is 28.7 Å². The van der Waals surface area contributed by atoms with Crippen LogP contribution in [0.1, 0.15) is 27.9 Å². The topological polar surface area (TPSA) is 85.2 Å². The summed E-state index contributed by atoms with van der Waals surface area (Å²) in [5, 5.41) is 11.8. The van der Waals surface area contributed by atoms with E-state index in [1.807, 2.05) is 41.9 Å². The van der Waals surface area contributed by atoms with Crippen LogP contribution in [0.4, 0.5) is 11.4 Å². The summed E-state index contributed by atoms with van der Waals surface area (Å²) in [5.41, 5.74) is 2.74. The molecule has 2 N–H and O–H groups in total. The standard InChI is InChI=1S/C23H21ClN4O3S/c1-13-17-11-21(32-23(17)28(27-13)12-15-6-4-5-7-18(15)24)22(30)26-20-10-16(31-3)8-9-19(20)25-14(2)29/h4-11H,12H2,1-3H3,(H,25,29)(H,26,30). The van der Waals surface area contributed by atoms with Crippen molar-refractivity contribution in [2.75, 3.05) is 17.7 Å². The van der Waals surface area contributed by atoms with Gasteiger partial charge in [-0.3, -0.25) is 14.3 Å². The van der Waals surface area contributed by atoms with E-state index in [1.165, 1.54) is 18.3 Å². The number of halogens is 1. The molecule has 32 heavy (non-hydrogen) atoms. The lowest BCUT2D eigenvalue weighted by atomic mass is 10.2. The van der Waals surface area contributed by atoms with Gasteiger partial charge in [-0.25, -0.2) is 0 Å². The van der Waals surface area contributed by atoms with Gasteiger partial charge in [0.1, 0.15) is 10.6 Å². The molecule has 4 aromatic rings. The Labute approximate surface area is 194 Å². The largest absolute Gasteiger partial charge is 0.497 e. The average Bonchev–Trinajstić information content (AvgIpc) is 3.32. The first-order valence-corrected chi connectivity index (χ1v) is 11.0. The van der Waals surface area contributed by atoms with Gasteiger partial charge in [-0.15, -0.1) is 11.3 Å². The number of benzene rings is 2. The van der Waals surface area contributed by atoms with Gasteiger partial charge >= 0.3 is 0 Å². The smallest absolute Gasteiger partial charge is 0.265 e. The van der Waals surface area contributed by atoms with Crippen LogP contribution in [0.3, 0.4) is 0 Å². The maximum atomic E-state index is 13.0. The maximum absolute atomic E-state index is 13.0. The summed E-state index contributed by atoms with van der Waals surface area (Å²) < 4.78 is 7.11. The molecule has 0 atom stereocenters. The van der Waals surface area contributed by atoms with Crippen LogP contribution in [0.25, 0.3) is 10.2 Å². The van der Waals surface area contributed by atoms with Crippen molar-refractivity contribution < 1.29 is 14.3 Å². The van der Waals surface area contributed by atoms with Gasteiger partial charge in [-0.2, -0.15) is 5.10 Å². The molecule has 0 aliphatic rings. The van der Waals surface area contributed by atoms with Crippen molar-refractivity contribution in [1.29, 1.82) is 0 Å². The number of hydrogen-bond donors (Lipinski definition) is 2. The zero-order valence-corrected chi connectivity index (χ0v) is 19.3. The van der Waals surface area contributed by atoms with Gasteiger partial charge in [0.05, 0.1) is 35.6 Å². The van der Waals surface area contributed by atoms with E-state index in [2.05, 4.69) is 15.7 Å². The Morgan fingerprint density at radius 1 is 1.12 bits per heavy atom. The van der Waals surface area contributed by atoms with Crippen LogP contribution in [0.2, 0.25) is 5.02 Å². The van der Waals surface area contributed by atoms with E-state index in [9.17, 15) is 9.59 Å². The highest BCUT2D eigenvalue weighted by Crippen LogP contribution is 2.32. The summed E-state index contributed by atoms with van der Waals surface area (Å²) in [6, 6.07) is 14.5. The molecule has 7 nitrogen and oxygen atoms in total. The number of aromatic nitrogens is 2. The minimum absolute atomic E-state index is 0.234. The maximum Gasteiger partial charge on any atom is 0.265 e. The second-order valence-electron chi connectivity index (χ2n) is 7.21. The number of carbonyl (C=O) groups excluding carboxylic acids is 2. The Morgan fingerprint density at radius 2 is 1.91 bits per heavy atom. The third-order valence-electron chi connectivity index (χ3n) is 4.89. The second kappa shape index (κ2) is 9.02. The van der Waals surface area contributed by atoms with Crippen molar-refractivity contribution in [2.45, 2.75) is 20.4 Å². The SMILES string of the molecule is COc1ccc(NC(C)=O)c(NC(=O)c2cc3c(C)nn(Cc4ccccc4Cl)c3s2)c1. The fraction of sp³-hybridized carbons (Fsp3) is 0.174. The zero-order chi connectivity index (χ0) is 22.8. The molecule has 2 aromatic heterocycles. The Balaban J connectivity index is 1.64.